The van der Waals surface area contributed by atoms with Crippen molar-refractivity contribution in [3.05, 3.63) is 51.6 Å². The van der Waals surface area contributed by atoms with Crippen LogP contribution in [-0.2, 0) is 12.2 Å². The molecule has 0 aliphatic heterocycles. The van der Waals surface area contributed by atoms with Crippen molar-refractivity contribution >= 4 is 28.1 Å². The molecule has 166 valence electrons. The average molecular weight is 468 g/mol. The summed E-state index contributed by atoms with van der Waals surface area (Å²) in [6, 6.07) is 5.88. The predicted molar refractivity (Wildman–Crippen MR) is 126 cm³/mol. The Kier molecular flexibility index (Phi) is 6.05. The molecule has 4 aromatic rings. The van der Waals surface area contributed by atoms with E-state index in [1.165, 1.54) is 35.1 Å². The first-order valence-corrected chi connectivity index (χ1v) is 12.8. The lowest BCUT2D eigenvalue weighted by Gasteiger charge is -2.31. The predicted octanol–water partition coefficient (Wildman–Crippen LogP) is 4.41. The summed E-state index contributed by atoms with van der Waals surface area (Å²) in [4.78, 5) is 22.1. The molecule has 5 rings (SSSR count). The number of thioether (sulfide) groups is 1. The van der Waals surface area contributed by atoms with Crippen molar-refractivity contribution in [2.45, 2.75) is 62.9 Å². The highest BCUT2D eigenvalue weighted by Gasteiger charge is 2.28. The van der Waals surface area contributed by atoms with Crippen molar-refractivity contribution in [3.63, 3.8) is 0 Å². The summed E-state index contributed by atoms with van der Waals surface area (Å²) in [5, 5.41) is 15.2. The van der Waals surface area contributed by atoms with Crippen LogP contribution in [0.2, 0.25) is 0 Å². The summed E-state index contributed by atoms with van der Waals surface area (Å²) in [6.07, 6.45) is 9.21. The van der Waals surface area contributed by atoms with Gasteiger partial charge in [-0.1, -0.05) is 49.8 Å². The first kappa shape index (κ1) is 21.3. The normalized spacial score (nSPS) is 18.9. The average Bonchev–Trinajstić information content (AvgIpc) is 3.43. The standard InChI is InChI=1S/C22H25N7OS2/c1-3-18-27-29-19(30)11-16(24-21(29)32-18)13-31-22-26-25-20(15-8-6-10-23-12-15)28(22)17-9-5-4-7-14(17)2/h6,8,10-12,14,17H,3-5,7,9,13H2,1-2H3/t14-,17+/m0/s1. The smallest absolute Gasteiger partial charge is 0.275 e. The molecule has 0 bridgehead atoms. The van der Waals surface area contributed by atoms with Crippen LogP contribution in [0.4, 0.5) is 0 Å². The number of fused-ring (bicyclic) bond motifs is 1. The van der Waals surface area contributed by atoms with Gasteiger partial charge in [-0.15, -0.1) is 10.2 Å². The van der Waals surface area contributed by atoms with E-state index in [9.17, 15) is 4.79 Å². The molecule has 0 radical (unpaired) electrons. The van der Waals surface area contributed by atoms with Crippen molar-refractivity contribution in [1.82, 2.24) is 34.3 Å². The van der Waals surface area contributed by atoms with Gasteiger partial charge in [-0.25, -0.2) is 4.98 Å². The molecule has 1 aliphatic carbocycles. The van der Waals surface area contributed by atoms with Gasteiger partial charge in [-0.05, 0) is 37.3 Å². The van der Waals surface area contributed by atoms with Crippen LogP contribution in [0.5, 0.6) is 0 Å². The van der Waals surface area contributed by atoms with Crippen molar-refractivity contribution in [1.29, 1.82) is 0 Å². The molecular weight excluding hydrogens is 442 g/mol. The maximum atomic E-state index is 12.5. The third-order valence-electron chi connectivity index (χ3n) is 5.97. The number of aromatic nitrogens is 7. The molecule has 32 heavy (non-hydrogen) atoms. The molecule has 0 unspecified atom stereocenters. The zero-order valence-corrected chi connectivity index (χ0v) is 19.8. The van der Waals surface area contributed by atoms with E-state index in [1.54, 1.807) is 24.0 Å². The van der Waals surface area contributed by atoms with Crippen LogP contribution in [0, 0.1) is 5.92 Å². The maximum Gasteiger partial charge on any atom is 0.275 e. The number of nitrogens with zero attached hydrogens (tertiary/aromatic N) is 7. The second-order valence-electron chi connectivity index (χ2n) is 8.17. The van der Waals surface area contributed by atoms with Gasteiger partial charge in [0.05, 0.1) is 5.69 Å². The summed E-state index contributed by atoms with van der Waals surface area (Å²) < 4.78 is 3.68. The molecule has 1 fully saturated rings. The fraction of sp³-hybridized carbons (Fsp3) is 0.455. The molecule has 0 spiro atoms. The summed E-state index contributed by atoms with van der Waals surface area (Å²) in [5.41, 5.74) is 1.57. The SMILES string of the molecule is CCc1nn2c(=O)cc(CSc3nnc(-c4cccnc4)n3[C@@H]3CCCC[C@@H]3C)nc2s1. The van der Waals surface area contributed by atoms with E-state index in [0.29, 0.717) is 22.7 Å². The molecule has 4 aromatic heterocycles. The van der Waals surface area contributed by atoms with Crippen LogP contribution in [0.3, 0.4) is 0 Å². The second kappa shape index (κ2) is 9.11. The third-order valence-corrected chi connectivity index (χ3v) is 8.00. The molecule has 10 heteroatoms. The molecule has 8 nitrogen and oxygen atoms in total. The summed E-state index contributed by atoms with van der Waals surface area (Å²) >= 11 is 3.05. The molecule has 0 amide bonds. The monoisotopic (exact) mass is 467 g/mol. The van der Waals surface area contributed by atoms with Crippen LogP contribution < -0.4 is 5.56 Å². The Balaban J connectivity index is 1.48. The zero-order valence-electron chi connectivity index (χ0n) is 18.1. The van der Waals surface area contributed by atoms with Gasteiger partial charge in [0.1, 0.15) is 5.01 Å². The Hall–Kier alpha value is -2.59. The highest BCUT2D eigenvalue weighted by atomic mass is 32.2. The highest BCUT2D eigenvalue weighted by Crippen LogP contribution is 2.39. The molecule has 0 aromatic carbocycles. The Morgan fingerprint density at radius 3 is 2.91 bits per heavy atom. The number of hydrogen-bond acceptors (Lipinski definition) is 8. The van der Waals surface area contributed by atoms with Gasteiger partial charge in [-0.2, -0.15) is 9.61 Å². The van der Waals surface area contributed by atoms with Gasteiger partial charge in [0.25, 0.3) is 5.56 Å². The first-order valence-electron chi connectivity index (χ1n) is 11.0. The minimum absolute atomic E-state index is 0.139. The van der Waals surface area contributed by atoms with Gasteiger partial charge in [-0.3, -0.25) is 14.3 Å². The number of hydrogen-bond donors (Lipinski definition) is 0. The van der Waals surface area contributed by atoms with Crippen molar-refractivity contribution < 1.29 is 0 Å². The highest BCUT2D eigenvalue weighted by molar-refractivity contribution is 7.98. The minimum Gasteiger partial charge on any atom is -0.299 e. The number of pyridine rings is 1. The molecule has 0 saturated heterocycles. The van der Waals surface area contributed by atoms with E-state index in [-0.39, 0.29) is 5.56 Å². The molecule has 1 saturated carbocycles. The van der Waals surface area contributed by atoms with Crippen LogP contribution in [0.25, 0.3) is 16.3 Å². The Labute approximate surface area is 194 Å². The van der Waals surface area contributed by atoms with Crippen LogP contribution in [-0.4, -0.2) is 34.3 Å². The largest absolute Gasteiger partial charge is 0.299 e. The number of aryl methyl sites for hydroxylation is 1. The molecule has 2 atom stereocenters. The Morgan fingerprint density at radius 1 is 1.25 bits per heavy atom. The molecule has 1 aliphatic rings. The van der Waals surface area contributed by atoms with Crippen molar-refractivity contribution in [3.8, 4) is 11.4 Å². The Morgan fingerprint density at radius 2 is 2.12 bits per heavy atom. The Bertz CT molecular complexity index is 1280. The van der Waals surface area contributed by atoms with Gasteiger partial charge in [0.15, 0.2) is 11.0 Å². The van der Waals surface area contributed by atoms with E-state index >= 15 is 0 Å². The van der Waals surface area contributed by atoms with Gasteiger partial charge < -0.3 is 0 Å². The summed E-state index contributed by atoms with van der Waals surface area (Å²) in [5.74, 6) is 1.97. The van der Waals surface area contributed by atoms with Crippen LogP contribution >= 0.6 is 23.1 Å². The van der Waals surface area contributed by atoms with Crippen molar-refractivity contribution in [2.24, 2.45) is 5.92 Å². The molecule has 0 N–H and O–H groups in total. The van der Waals surface area contributed by atoms with E-state index < -0.39 is 0 Å². The van der Waals surface area contributed by atoms with Gasteiger partial charge in [0, 0.05) is 35.8 Å². The maximum absolute atomic E-state index is 12.5. The lowest BCUT2D eigenvalue weighted by Crippen LogP contribution is -2.22. The van der Waals surface area contributed by atoms with E-state index in [0.717, 1.165) is 40.1 Å². The second-order valence-corrected chi connectivity index (χ2v) is 10.1. The van der Waals surface area contributed by atoms with Crippen LogP contribution in [0.15, 0.2) is 40.5 Å². The third kappa shape index (κ3) is 4.09. The summed E-state index contributed by atoms with van der Waals surface area (Å²) in [6.45, 7) is 4.34. The fourth-order valence-corrected chi connectivity index (χ4v) is 6.04. The zero-order chi connectivity index (χ0) is 22.1. The lowest BCUT2D eigenvalue weighted by molar-refractivity contribution is 0.247. The van der Waals surface area contributed by atoms with E-state index in [2.05, 4.69) is 36.8 Å². The van der Waals surface area contributed by atoms with E-state index in [4.69, 9.17) is 0 Å². The lowest BCUT2D eigenvalue weighted by atomic mass is 9.85. The first-order chi connectivity index (χ1) is 15.6. The topological polar surface area (TPSA) is 90.9 Å². The van der Waals surface area contributed by atoms with Gasteiger partial charge in [0.2, 0.25) is 4.96 Å². The van der Waals surface area contributed by atoms with E-state index in [1.807, 2.05) is 25.3 Å². The van der Waals surface area contributed by atoms with Gasteiger partial charge >= 0.3 is 0 Å². The summed E-state index contributed by atoms with van der Waals surface area (Å²) in [7, 11) is 0. The molecular formula is C22H25N7OS2. The van der Waals surface area contributed by atoms with Crippen LogP contribution in [0.1, 0.15) is 56.3 Å². The number of rotatable bonds is 6. The minimum atomic E-state index is -0.139. The van der Waals surface area contributed by atoms with Crippen molar-refractivity contribution in [2.75, 3.05) is 0 Å². The quantitative estimate of drug-likeness (QED) is 0.388. The fourth-order valence-electron chi connectivity index (χ4n) is 4.30. The molecule has 4 heterocycles.